The monoisotopic (exact) mass is 216 g/mol. The molecule has 0 unspecified atom stereocenters. The van der Waals surface area contributed by atoms with Gasteiger partial charge in [0.25, 0.3) is 0 Å². The van der Waals surface area contributed by atoms with E-state index in [1.807, 2.05) is 0 Å². The van der Waals surface area contributed by atoms with E-state index in [4.69, 9.17) is 0 Å². The Bertz CT molecular complexity index is 372. The summed E-state index contributed by atoms with van der Waals surface area (Å²) >= 11 is 0. The Labute approximate surface area is 85.9 Å². The molecule has 1 nitrogen and oxygen atoms in total. The average molecular weight is 216 g/mol. The third-order valence-electron chi connectivity index (χ3n) is 2.52. The minimum atomic E-state index is -2.85. The van der Waals surface area contributed by atoms with Gasteiger partial charge in [-0.25, -0.2) is 4.39 Å². The van der Waals surface area contributed by atoms with Crippen molar-refractivity contribution in [3.05, 3.63) is 29.1 Å². The molecule has 1 aliphatic rings. The first kappa shape index (κ1) is 10.3. The second-order valence-electron chi connectivity index (χ2n) is 3.79. The van der Waals surface area contributed by atoms with Crippen LogP contribution in [0, 0.1) is 12.7 Å². The van der Waals surface area contributed by atoms with Gasteiger partial charge in [0.1, 0.15) is 11.6 Å². The molecule has 1 fully saturated rings. The molecule has 1 aromatic carbocycles. The summed E-state index contributed by atoms with van der Waals surface area (Å²) in [7, 11) is 0. The molecule has 1 aliphatic carbocycles. The summed E-state index contributed by atoms with van der Waals surface area (Å²) in [5.41, 5.74) is 0.897. The summed E-state index contributed by atoms with van der Waals surface area (Å²) in [5.74, 6) is -0.0567. The van der Waals surface area contributed by atoms with Gasteiger partial charge in [0.15, 0.2) is 0 Å². The predicted molar refractivity (Wildman–Crippen MR) is 49.7 cm³/mol. The maximum Gasteiger partial charge on any atom is 0.387 e. The summed E-state index contributed by atoms with van der Waals surface area (Å²) in [6.45, 7) is -1.32. The van der Waals surface area contributed by atoms with Crippen LogP contribution in [0.3, 0.4) is 0 Å². The fourth-order valence-electron chi connectivity index (χ4n) is 1.58. The summed E-state index contributed by atoms with van der Waals surface area (Å²) in [4.78, 5) is 0. The molecular formula is C11H11F3O. The van der Waals surface area contributed by atoms with Crippen LogP contribution in [0.15, 0.2) is 12.1 Å². The molecule has 15 heavy (non-hydrogen) atoms. The van der Waals surface area contributed by atoms with Gasteiger partial charge < -0.3 is 4.74 Å². The van der Waals surface area contributed by atoms with Gasteiger partial charge >= 0.3 is 6.61 Å². The van der Waals surface area contributed by atoms with Gasteiger partial charge in [0.2, 0.25) is 0 Å². The molecule has 0 heterocycles. The SMILES string of the molecule is Cc1cc(OC(F)F)c(C2CC2)cc1F. The number of aryl methyl sites for hydroxylation is 1. The summed E-state index contributed by atoms with van der Waals surface area (Å²) < 4.78 is 41.8. The van der Waals surface area contributed by atoms with Crippen LogP contribution in [0.1, 0.15) is 29.9 Å². The van der Waals surface area contributed by atoms with Gasteiger partial charge in [-0.05, 0) is 43.4 Å². The van der Waals surface area contributed by atoms with Crippen LogP contribution in [0.2, 0.25) is 0 Å². The number of rotatable bonds is 3. The predicted octanol–water partition coefficient (Wildman–Crippen LogP) is 3.61. The lowest BCUT2D eigenvalue weighted by Crippen LogP contribution is -2.05. The number of ether oxygens (including phenoxy) is 1. The van der Waals surface area contributed by atoms with Crippen molar-refractivity contribution in [3.8, 4) is 5.75 Å². The van der Waals surface area contributed by atoms with Gasteiger partial charge in [0.05, 0.1) is 0 Å². The zero-order valence-corrected chi connectivity index (χ0v) is 8.27. The van der Waals surface area contributed by atoms with Crippen molar-refractivity contribution in [2.75, 3.05) is 0 Å². The van der Waals surface area contributed by atoms with Gasteiger partial charge in [-0.15, -0.1) is 0 Å². The molecular weight excluding hydrogens is 205 g/mol. The van der Waals surface area contributed by atoms with Crippen molar-refractivity contribution >= 4 is 0 Å². The standard InChI is InChI=1S/C11H11F3O/c1-6-4-10(15-11(13)14)8(5-9(6)12)7-2-3-7/h4-5,7,11H,2-3H2,1H3. The fraction of sp³-hybridized carbons (Fsp3) is 0.455. The Morgan fingerprint density at radius 2 is 2.00 bits per heavy atom. The first-order valence-corrected chi connectivity index (χ1v) is 4.83. The van der Waals surface area contributed by atoms with Crippen LogP contribution >= 0.6 is 0 Å². The molecule has 2 rings (SSSR count). The Morgan fingerprint density at radius 1 is 1.33 bits per heavy atom. The van der Waals surface area contributed by atoms with Gasteiger partial charge in [0, 0.05) is 5.56 Å². The topological polar surface area (TPSA) is 9.23 Å². The van der Waals surface area contributed by atoms with Crippen molar-refractivity contribution in [3.63, 3.8) is 0 Å². The number of hydrogen-bond acceptors (Lipinski definition) is 1. The van der Waals surface area contributed by atoms with Gasteiger partial charge in [-0.3, -0.25) is 0 Å². The van der Waals surface area contributed by atoms with Crippen molar-refractivity contribution < 1.29 is 17.9 Å². The number of halogens is 3. The third-order valence-corrected chi connectivity index (χ3v) is 2.52. The first-order chi connectivity index (χ1) is 7.08. The quantitative estimate of drug-likeness (QED) is 0.749. The average Bonchev–Trinajstić information content (AvgIpc) is 2.93. The highest BCUT2D eigenvalue weighted by atomic mass is 19.3. The molecule has 0 atom stereocenters. The van der Waals surface area contributed by atoms with E-state index >= 15 is 0 Å². The van der Waals surface area contributed by atoms with Crippen LogP contribution in [-0.2, 0) is 0 Å². The molecule has 0 spiro atoms. The molecule has 0 saturated heterocycles. The second kappa shape index (κ2) is 3.76. The molecule has 0 N–H and O–H groups in total. The van der Waals surface area contributed by atoms with E-state index in [2.05, 4.69) is 4.74 Å². The lowest BCUT2D eigenvalue weighted by molar-refractivity contribution is -0.0505. The van der Waals surface area contributed by atoms with E-state index in [9.17, 15) is 13.2 Å². The van der Waals surface area contributed by atoms with Crippen LogP contribution in [-0.4, -0.2) is 6.61 Å². The third kappa shape index (κ3) is 2.25. The lowest BCUT2D eigenvalue weighted by Gasteiger charge is -2.11. The Morgan fingerprint density at radius 3 is 2.53 bits per heavy atom. The van der Waals surface area contributed by atoms with Crippen molar-refractivity contribution in [2.24, 2.45) is 0 Å². The molecule has 1 saturated carbocycles. The molecule has 0 aromatic heterocycles. The van der Waals surface area contributed by atoms with Crippen molar-refractivity contribution in [2.45, 2.75) is 32.3 Å². The van der Waals surface area contributed by atoms with Crippen LogP contribution in [0.25, 0.3) is 0 Å². The molecule has 82 valence electrons. The molecule has 0 aliphatic heterocycles. The van der Waals surface area contributed by atoms with Crippen LogP contribution in [0.5, 0.6) is 5.75 Å². The fourth-order valence-corrected chi connectivity index (χ4v) is 1.58. The summed E-state index contributed by atoms with van der Waals surface area (Å²) in [6, 6.07) is 2.65. The zero-order valence-electron chi connectivity index (χ0n) is 8.27. The first-order valence-electron chi connectivity index (χ1n) is 4.83. The van der Waals surface area contributed by atoms with E-state index < -0.39 is 6.61 Å². The Kier molecular flexibility index (Phi) is 2.59. The number of alkyl halides is 2. The van der Waals surface area contributed by atoms with Gasteiger partial charge in [-0.2, -0.15) is 8.78 Å². The lowest BCUT2D eigenvalue weighted by atomic mass is 10.1. The smallest absolute Gasteiger partial charge is 0.387 e. The zero-order chi connectivity index (χ0) is 11.0. The molecule has 0 amide bonds. The largest absolute Gasteiger partial charge is 0.435 e. The highest BCUT2D eigenvalue weighted by molar-refractivity contribution is 5.42. The normalized spacial score (nSPS) is 15.8. The molecule has 0 bridgehead atoms. The highest BCUT2D eigenvalue weighted by Gasteiger charge is 2.28. The molecule has 4 heteroatoms. The van der Waals surface area contributed by atoms with E-state index in [1.165, 1.54) is 19.1 Å². The maximum atomic E-state index is 13.2. The number of hydrogen-bond donors (Lipinski definition) is 0. The summed E-state index contributed by atoms with van der Waals surface area (Å²) in [6.07, 6.45) is 1.84. The van der Waals surface area contributed by atoms with Crippen molar-refractivity contribution in [1.29, 1.82) is 0 Å². The van der Waals surface area contributed by atoms with E-state index in [1.54, 1.807) is 0 Å². The molecule has 0 radical (unpaired) electrons. The maximum absolute atomic E-state index is 13.2. The Balaban J connectivity index is 2.36. The highest BCUT2D eigenvalue weighted by Crippen LogP contribution is 2.45. The second-order valence-corrected chi connectivity index (χ2v) is 3.79. The van der Waals surface area contributed by atoms with E-state index in [0.717, 1.165) is 12.8 Å². The minimum absolute atomic E-state index is 0.117. The van der Waals surface area contributed by atoms with Crippen molar-refractivity contribution in [1.82, 2.24) is 0 Å². The van der Waals surface area contributed by atoms with E-state index in [-0.39, 0.29) is 17.5 Å². The number of benzene rings is 1. The van der Waals surface area contributed by atoms with Crippen LogP contribution in [0.4, 0.5) is 13.2 Å². The van der Waals surface area contributed by atoms with Crippen LogP contribution < -0.4 is 4.74 Å². The summed E-state index contributed by atoms with van der Waals surface area (Å²) in [5, 5.41) is 0. The van der Waals surface area contributed by atoms with Gasteiger partial charge in [-0.1, -0.05) is 0 Å². The minimum Gasteiger partial charge on any atom is -0.435 e. The Hall–Kier alpha value is -1.19. The van der Waals surface area contributed by atoms with E-state index in [0.29, 0.717) is 11.1 Å². The molecule has 1 aromatic rings.